The lowest BCUT2D eigenvalue weighted by Gasteiger charge is -2.27. The van der Waals surface area contributed by atoms with Crippen molar-refractivity contribution in [1.82, 2.24) is 4.90 Å². The Morgan fingerprint density at radius 2 is 1.82 bits per heavy atom. The van der Waals surface area contributed by atoms with Crippen molar-refractivity contribution in [2.24, 2.45) is 0 Å². The minimum absolute atomic E-state index is 0.0960. The Kier molecular flexibility index (Phi) is 9.79. The Hall–Kier alpha value is -1.59. The van der Waals surface area contributed by atoms with E-state index < -0.39 is 5.60 Å². The molecule has 0 radical (unpaired) electrons. The van der Waals surface area contributed by atoms with Gasteiger partial charge in [-0.05, 0) is 70.0 Å². The van der Waals surface area contributed by atoms with Crippen molar-refractivity contribution in [3.63, 3.8) is 0 Å². The molecule has 1 aromatic rings. The second-order valence-electron chi connectivity index (χ2n) is 7.97. The highest BCUT2D eigenvalue weighted by molar-refractivity contribution is 5.97. The lowest BCUT2D eigenvalue weighted by Crippen LogP contribution is -2.41. The Morgan fingerprint density at radius 1 is 1.11 bits per heavy atom. The molecule has 0 spiro atoms. The molecule has 158 valence electrons. The van der Waals surface area contributed by atoms with Crippen LogP contribution in [0.1, 0.15) is 65.2 Å². The number of anilines is 1. The Labute approximate surface area is 170 Å². The van der Waals surface area contributed by atoms with Gasteiger partial charge in [0.1, 0.15) is 11.4 Å². The first kappa shape index (κ1) is 22.7. The van der Waals surface area contributed by atoms with E-state index in [4.69, 9.17) is 9.47 Å². The van der Waals surface area contributed by atoms with E-state index in [0.29, 0.717) is 0 Å². The van der Waals surface area contributed by atoms with Crippen LogP contribution in [0.3, 0.4) is 0 Å². The number of carbonyl (C=O) groups is 1. The number of piperidine rings is 1. The zero-order chi connectivity index (χ0) is 20.2. The number of hydrogen-bond acceptors (Lipinski definition) is 4. The molecule has 1 aliphatic rings. The van der Waals surface area contributed by atoms with Gasteiger partial charge in [-0.2, -0.15) is 0 Å². The molecular formula is C23H38N2O3. The first-order valence-corrected chi connectivity index (χ1v) is 10.9. The molecule has 1 heterocycles. The van der Waals surface area contributed by atoms with Crippen molar-refractivity contribution in [2.75, 3.05) is 38.7 Å². The van der Waals surface area contributed by atoms with Crippen LogP contribution in [0.4, 0.5) is 5.69 Å². The lowest BCUT2D eigenvalue weighted by atomic mass is 9.97. The van der Waals surface area contributed by atoms with Gasteiger partial charge in [0.2, 0.25) is 0 Å². The van der Waals surface area contributed by atoms with E-state index in [9.17, 15) is 4.79 Å². The van der Waals surface area contributed by atoms with Crippen LogP contribution in [0.15, 0.2) is 24.3 Å². The minimum atomic E-state index is -0.793. The molecule has 1 fully saturated rings. The molecule has 0 saturated carbocycles. The van der Waals surface area contributed by atoms with E-state index in [0.717, 1.165) is 56.7 Å². The van der Waals surface area contributed by atoms with Crippen molar-refractivity contribution in [2.45, 2.75) is 70.8 Å². The number of ether oxygens (including phenoxy) is 2. The van der Waals surface area contributed by atoms with Gasteiger partial charge in [-0.25, -0.2) is 0 Å². The Balaban J connectivity index is 1.74. The average molecular weight is 391 g/mol. The first-order valence-electron chi connectivity index (χ1n) is 10.9. The molecule has 5 nitrogen and oxygen atoms in total. The van der Waals surface area contributed by atoms with Crippen molar-refractivity contribution in [1.29, 1.82) is 0 Å². The van der Waals surface area contributed by atoms with Crippen molar-refractivity contribution < 1.29 is 14.3 Å². The summed E-state index contributed by atoms with van der Waals surface area (Å²) < 4.78 is 11.4. The monoisotopic (exact) mass is 390 g/mol. The average Bonchev–Trinajstić information content (AvgIpc) is 2.73. The highest BCUT2D eigenvalue weighted by Crippen LogP contribution is 2.22. The van der Waals surface area contributed by atoms with Gasteiger partial charge in [0.05, 0.1) is 6.61 Å². The number of nitrogens with zero attached hydrogens (tertiary/aromatic N) is 1. The van der Waals surface area contributed by atoms with Crippen LogP contribution in [0, 0.1) is 0 Å². The highest BCUT2D eigenvalue weighted by Gasteiger charge is 2.32. The van der Waals surface area contributed by atoms with E-state index in [1.165, 1.54) is 32.4 Å². The van der Waals surface area contributed by atoms with Crippen LogP contribution < -0.4 is 10.1 Å². The molecule has 1 N–H and O–H groups in total. The van der Waals surface area contributed by atoms with Gasteiger partial charge in [0.15, 0.2) is 0 Å². The molecule has 0 unspecified atom stereocenters. The van der Waals surface area contributed by atoms with Crippen LogP contribution in [0.25, 0.3) is 0 Å². The number of methoxy groups -OCH3 is 1. The van der Waals surface area contributed by atoms with Gasteiger partial charge < -0.3 is 19.7 Å². The standard InChI is InChI=1S/C23H38N2O3/c1-4-5-7-15-23(2,27-3)22(26)24-20-11-13-21(14-12-20)28-19-10-18-25-16-8-6-9-17-25/h11-14H,4-10,15-19H2,1-3H3,(H,24,26)/t23-/m0/s1. The van der Waals surface area contributed by atoms with Gasteiger partial charge in [0, 0.05) is 19.3 Å². The zero-order valence-electron chi connectivity index (χ0n) is 18.0. The van der Waals surface area contributed by atoms with Crippen LogP contribution in [-0.2, 0) is 9.53 Å². The van der Waals surface area contributed by atoms with Crippen LogP contribution >= 0.6 is 0 Å². The molecule has 0 aromatic heterocycles. The molecule has 0 bridgehead atoms. The molecule has 1 aromatic carbocycles. The Bertz CT molecular complexity index is 570. The maximum Gasteiger partial charge on any atom is 0.256 e. The molecular weight excluding hydrogens is 352 g/mol. The smallest absolute Gasteiger partial charge is 0.256 e. The molecule has 1 saturated heterocycles. The number of rotatable bonds is 12. The summed E-state index contributed by atoms with van der Waals surface area (Å²) in [7, 11) is 1.60. The van der Waals surface area contributed by atoms with Gasteiger partial charge in [-0.3, -0.25) is 4.79 Å². The Morgan fingerprint density at radius 3 is 2.46 bits per heavy atom. The second-order valence-corrected chi connectivity index (χ2v) is 7.97. The third kappa shape index (κ3) is 7.44. The molecule has 1 aliphatic heterocycles. The number of amides is 1. The maximum absolute atomic E-state index is 12.6. The summed E-state index contributed by atoms with van der Waals surface area (Å²) in [6.45, 7) is 8.31. The van der Waals surface area contributed by atoms with Gasteiger partial charge >= 0.3 is 0 Å². The van der Waals surface area contributed by atoms with Crippen molar-refractivity contribution in [3.05, 3.63) is 24.3 Å². The summed E-state index contributed by atoms with van der Waals surface area (Å²) in [4.78, 5) is 15.2. The molecule has 1 amide bonds. The maximum atomic E-state index is 12.6. The van der Waals surface area contributed by atoms with Crippen LogP contribution in [-0.4, -0.2) is 49.8 Å². The fourth-order valence-electron chi connectivity index (χ4n) is 3.58. The third-order valence-electron chi connectivity index (χ3n) is 5.64. The van der Waals surface area contributed by atoms with Crippen molar-refractivity contribution >= 4 is 11.6 Å². The predicted octanol–water partition coefficient (Wildman–Crippen LogP) is 4.87. The van der Waals surface area contributed by atoms with Crippen LogP contribution in [0.2, 0.25) is 0 Å². The summed E-state index contributed by atoms with van der Waals surface area (Å²) in [6.07, 6.45) is 9.01. The summed E-state index contributed by atoms with van der Waals surface area (Å²) in [5, 5.41) is 2.97. The molecule has 2 rings (SSSR count). The predicted molar refractivity (Wildman–Crippen MR) is 115 cm³/mol. The van der Waals surface area contributed by atoms with E-state index in [1.54, 1.807) is 7.11 Å². The fourth-order valence-corrected chi connectivity index (χ4v) is 3.58. The quantitative estimate of drug-likeness (QED) is 0.518. The minimum Gasteiger partial charge on any atom is -0.494 e. The lowest BCUT2D eigenvalue weighted by molar-refractivity contribution is -0.136. The van der Waals surface area contributed by atoms with Gasteiger partial charge in [0.25, 0.3) is 5.91 Å². The molecule has 28 heavy (non-hydrogen) atoms. The summed E-state index contributed by atoms with van der Waals surface area (Å²) >= 11 is 0. The van der Waals surface area contributed by atoms with E-state index in [1.807, 2.05) is 31.2 Å². The zero-order valence-corrected chi connectivity index (χ0v) is 18.0. The summed E-state index contributed by atoms with van der Waals surface area (Å²) in [5.74, 6) is 0.746. The number of carbonyl (C=O) groups excluding carboxylic acids is 1. The number of nitrogens with one attached hydrogen (secondary N) is 1. The SMILES string of the molecule is CCCCC[C@](C)(OC)C(=O)Nc1ccc(OCCCN2CCCCC2)cc1. The van der Waals surface area contributed by atoms with E-state index >= 15 is 0 Å². The van der Waals surface area contributed by atoms with Crippen molar-refractivity contribution in [3.8, 4) is 5.75 Å². The van der Waals surface area contributed by atoms with E-state index in [-0.39, 0.29) is 5.91 Å². The van der Waals surface area contributed by atoms with Crippen LogP contribution in [0.5, 0.6) is 5.75 Å². The number of unbranched alkanes of at least 4 members (excludes halogenated alkanes) is 2. The second kappa shape index (κ2) is 12.1. The first-order chi connectivity index (χ1) is 13.6. The summed E-state index contributed by atoms with van der Waals surface area (Å²) in [5.41, 5.74) is -0.0249. The van der Waals surface area contributed by atoms with Gasteiger partial charge in [-0.15, -0.1) is 0 Å². The normalized spacial score (nSPS) is 17.1. The van der Waals surface area contributed by atoms with Gasteiger partial charge in [-0.1, -0.05) is 32.6 Å². The largest absolute Gasteiger partial charge is 0.494 e. The number of hydrogen-bond donors (Lipinski definition) is 1. The number of likely N-dealkylation sites (tertiary alicyclic amines) is 1. The third-order valence-corrected chi connectivity index (χ3v) is 5.64. The highest BCUT2D eigenvalue weighted by atomic mass is 16.5. The summed E-state index contributed by atoms with van der Waals surface area (Å²) in [6, 6.07) is 7.61. The topological polar surface area (TPSA) is 50.8 Å². The molecule has 5 heteroatoms. The fraction of sp³-hybridized carbons (Fsp3) is 0.696. The molecule has 0 aliphatic carbocycles. The van der Waals surface area contributed by atoms with E-state index in [2.05, 4.69) is 17.1 Å². The number of benzene rings is 1. The molecule has 1 atom stereocenters.